The maximum absolute atomic E-state index is 12.0. The van der Waals surface area contributed by atoms with Gasteiger partial charge in [-0.2, -0.15) is 5.10 Å². The molecule has 0 unspecified atom stereocenters. The number of nitrogens with zero attached hydrogens (tertiary/aromatic N) is 3. The number of esters is 1. The Morgan fingerprint density at radius 3 is 2.91 bits per heavy atom. The number of aryl methyl sites for hydroxylation is 1. The molecule has 6 heteroatoms. The monoisotopic (exact) mass is 325 g/mol. The van der Waals surface area contributed by atoms with Crippen LogP contribution in [0.15, 0.2) is 54.2 Å². The van der Waals surface area contributed by atoms with E-state index in [0.717, 1.165) is 16.1 Å². The molecule has 0 N–H and O–H groups in total. The first-order valence-corrected chi connectivity index (χ1v) is 7.93. The van der Waals surface area contributed by atoms with Gasteiger partial charge >= 0.3 is 5.97 Å². The molecule has 3 aromatic rings. The van der Waals surface area contributed by atoms with Crippen molar-refractivity contribution in [2.45, 2.75) is 0 Å². The fourth-order valence-electron chi connectivity index (χ4n) is 1.98. The smallest absolute Gasteiger partial charge is 0.358 e. The third-order valence-corrected chi connectivity index (χ3v) is 3.98. The Balaban J connectivity index is 1.57. The molecule has 5 nitrogen and oxygen atoms in total. The quantitative estimate of drug-likeness (QED) is 0.675. The normalized spacial score (nSPS) is 11.0. The summed E-state index contributed by atoms with van der Waals surface area (Å²) in [5.41, 5.74) is 2.28. The average Bonchev–Trinajstić information content (AvgIpc) is 3.21. The summed E-state index contributed by atoms with van der Waals surface area (Å²) >= 11 is 1.40. The van der Waals surface area contributed by atoms with Gasteiger partial charge in [-0.3, -0.25) is 4.68 Å². The van der Waals surface area contributed by atoms with Crippen LogP contribution in [0.3, 0.4) is 0 Å². The van der Waals surface area contributed by atoms with E-state index in [1.165, 1.54) is 11.3 Å². The van der Waals surface area contributed by atoms with E-state index in [-0.39, 0.29) is 6.61 Å². The molecule has 2 aromatic heterocycles. The van der Waals surface area contributed by atoms with E-state index in [1.807, 2.05) is 55.7 Å². The molecule has 0 fully saturated rings. The van der Waals surface area contributed by atoms with Gasteiger partial charge < -0.3 is 4.74 Å². The van der Waals surface area contributed by atoms with Gasteiger partial charge in [0.05, 0.1) is 6.20 Å². The molecule has 0 atom stereocenters. The van der Waals surface area contributed by atoms with Crippen molar-refractivity contribution in [2.24, 2.45) is 7.05 Å². The largest absolute Gasteiger partial charge is 0.457 e. The zero-order valence-electron chi connectivity index (χ0n) is 12.5. The van der Waals surface area contributed by atoms with Crippen molar-refractivity contribution in [1.29, 1.82) is 0 Å². The van der Waals surface area contributed by atoms with E-state index in [1.54, 1.807) is 16.3 Å². The second-order valence-electron chi connectivity index (χ2n) is 4.85. The Morgan fingerprint density at radius 1 is 1.35 bits per heavy atom. The van der Waals surface area contributed by atoms with E-state index in [2.05, 4.69) is 10.1 Å². The fraction of sp³-hybridized carbons (Fsp3) is 0.118. The van der Waals surface area contributed by atoms with Gasteiger partial charge in [0.2, 0.25) is 0 Å². The SMILES string of the molecule is Cn1cc(-c2nc(C(=O)OC/C=C/c3ccccc3)cs2)cn1. The third kappa shape index (κ3) is 3.92. The molecule has 0 aliphatic carbocycles. The Kier molecular flexibility index (Phi) is 4.63. The van der Waals surface area contributed by atoms with Gasteiger partial charge in [-0.05, 0) is 11.6 Å². The topological polar surface area (TPSA) is 57.0 Å². The van der Waals surface area contributed by atoms with Crippen LogP contribution in [0.4, 0.5) is 0 Å². The van der Waals surface area contributed by atoms with Crippen molar-refractivity contribution in [3.05, 3.63) is 65.4 Å². The summed E-state index contributed by atoms with van der Waals surface area (Å²) in [6.07, 6.45) is 7.30. The molecular weight excluding hydrogens is 310 g/mol. The van der Waals surface area contributed by atoms with Crippen LogP contribution in [0.2, 0.25) is 0 Å². The Hall–Kier alpha value is -2.73. The Bertz CT molecular complexity index is 821. The summed E-state index contributed by atoms with van der Waals surface area (Å²) in [6.45, 7) is 0.216. The minimum atomic E-state index is -0.422. The summed E-state index contributed by atoms with van der Waals surface area (Å²) in [6, 6.07) is 9.85. The fourth-order valence-corrected chi connectivity index (χ4v) is 2.74. The minimum Gasteiger partial charge on any atom is -0.457 e. The first kappa shape index (κ1) is 15.2. The van der Waals surface area contributed by atoms with E-state index < -0.39 is 5.97 Å². The number of carbonyl (C=O) groups is 1. The van der Waals surface area contributed by atoms with Crippen LogP contribution in [0.25, 0.3) is 16.6 Å². The Labute approximate surface area is 137 Å². The highest BCUT2D eigenvalue weighted by molar-refractivity contribution is 7.13. The maximum Gasteiger partial charge on any atom is 0.358 e. The summed E-state index contributed by atoms with van der Waals surface area (Å²) in [5.74, 6) is -0.422. The van der Waals surface area contributed by atoms with Crippen LogP contribution in [0.1, 0.15) is 16.1 Å². The molecular formula is C17H15N3O2S. The van der Waals surface area contributed by atoms with Gasteiger partial charge in [-0.15, -0.1) is 11.3 Å². The van der Waals surface area contributed by atoms with E-state index >= 15 is 0 Å². The van der Waals surface area contributed by atoms with Crippen LogP contribution < -0.4 is 0 Å². The zero-order valence-corrected chi connectivity index (χ0v) is 13.4. The summed E-state index contributed by atoms with van der Waals surface area (Å²) in [4.78, 5) is 16.3. The van der Waals surface area contributed by atoms with Gasteiger partial charge in [0, 0.05) is 24.2 Å². The molecule has 0 aliphatic heterocycles. The summed E-state index contributed by atoms with van der Waals surface area (Å²) in [5, 5.41) is 6.55. The first-order valence-electron chi connectivity index (χ1n) is 7.05. The highest BCUT2D eigenvalue weighted by atomic mass is 32.1. The molecule has 1 aromatic carbocycles. The molecule has 116 valence electrons. The molecule has 23 heavy (non-hydrogen) atoms. The molecule has 0 saturated carbocycles. The zero-order chi connectivity index (χ0) is 16.1. The van der Waals surface area contributed by atoms with Crippen molar-refractivity contribution in [3.8, 4) is 10.6 Å². The van der Waals surface area contributed by atoms with Crippen molar-refractivity contribution >= 4 is 23.4 Å². The maximum atomic E-state index is 12.0. The number of hydrogen-bond acceptors (Lipinski definition) is 5. The van der Waals surface area contributed by atoms with E-state index in [0.29, 0.717) is 5.69 Å². The standard InChI is InChI=1S/C17H15N3O2S/c1-20-11-14(10-18-20)16-19-15(12-23-16)17(21)22-9-5-8-13-6-3-2-4-7-13/h2-8,10-12H,9H2,1H3/b8-5+. The number of thiazole rings is 1. The lowest BCUT2D eigenvalue weighted by molar-refractivity contribution is 0.0544. The third-order valence-electron chi connectivity index (χ3n) is 3.09. The number of carbonyl (C=O) groups excluding carboxylic acids is 1. The van der Waals surface area contributed by atoms with E-state index in [4.69, 9.17) is 4.74 Å². The van der Waals surface area contributed by atoms with Gasteiger partial charge in [-0.1, -0.05) is 36.4 Å². The molecule has 0 bridgehead atoms. The van der Waals surface area contributed by atoms with Gasteiger partial charge in [0.25, 0.3) is 0 Å². The highest BCUT2D eigenvalue weighted by Gasteiger charge is 2.13. The van der Waals surface area contributed by atoms with Crippen LogP contribution in [-0.2, 0) is 11.8 Å². The van der Waals surface area contributed by atoms with E-state index in [9.17, 15) is 4.79 Å². The lowest BCUT2D eigenvalue weighted by Gasteiger charge is -1.98. The average molecular weight is 325 g/mol. The molecule has 0 saturated heterocycles. The molecule has 3 rings (SSSR count). The molecule has 2 heterocycles. The van der Waals surface area contributed by atoms with Crippen molar-refractivity contribution in [1.82, 2.24) is 14.8 Å². The lowest BCUT2D eigenvalue weighted by Crippen LogP contribution is -2.05. The Morgan fingerprint density at radius 2 is 2.17 bits per heavy atom. The molecule has 0 aliphatic rings. The highest BCUT2D eigenvalue weighted by Crippen LogP contribution is 2.23. The van der Waals surface area contributed by atoms with Crippen molar-refractivity contribution in [3.63, 3.8) is 0 Å². The second kappa shape index (κ2) is 7.02. The molecule has 0 radical (unpaired) electrons. The predicted octanol–water partition coefficient (Wildman–Crippen LogP) is 3.41. The second-order valence-corrected chi connectivity index (χ2v) is 5.71. The van der Waals surface area contributed by atoms with Gasteiger partial charge in [-0.25, -0.2) is 9.78 Å². The number of benzene rings is 1. The number of aromatic nitrogens is 3. The number of ether oxygens (including phenoxy) is 1. The number of rotatable bonds is 5. The first-order chi connectivity index (χ1) is 11.2. The number of hydrogen-bond donors (Lipinski definition) is 0. The lowest BCUT2D eigenvalue weighted by atomic mass is 10.2. The molecule has 0 amide bonds. The van der Waals surface area contributed by atoms with Gasteiger partial charge in [0.1, 0.15) is 11.6 Å². The van der Waals surface area contributed by atoms with Crippen molar-refractivity contribution < 1.29 is 9.53 Å². The molecule has 0 spiro atoms. The van der Waals surface area contributed by atoms with Crippen LogP contribution in [0.5, 0.6) is 0 Å². The minimum absolute atomic E-state index is 0.216. The van der Waals surface area contributed by atoms with Crippen LogP contribution in [0, 0.1) is 0 Å². The summed E-state index contributed by atoms with van der Waals surface area (Å²) in [7, 11) is 1.84. The summed E-state index contributed by atoms with van der Waals surface area (Å²) < 4.78 is 6.90. The predicted molar refractivity (Wildman–Crippen MR) is 90.1 cm³/mol. The van der Waals surface area contributed by atoms with Gasteiger partial charge in [0.15, 0.2) is 5.69 Å². The van der Waals surface area contributed by atoms with Crippen molar-refractivity contribution in [2.75, 3.05) is 6.61 Å². The van der Waals surface area contributed by atoms with Crippen LogP contribution >= 0.6 is 11.3 Å². The van der Waals surface area contributed by atoms with Crippen LogP contribution in [-0.4, -0.2) is 27.3 Å².